The molecule has 0 unspecified atom stereocenters. The second-order valence-electron chi connectivity index (χ2n) is 8.34. The normalized spacial score (nSPS) is 11.6. The van der Waals surface area contributed by atoms with E-state index in [-0.39, 0.29) is 11.6 Å². The maximum absolute atomic E-state index is 13.6. The number of hydrogen-bond donors (Lipinski definition) is 3. The second-order valence-corrected chi connectivity index (χ2v) is 8.34. The number of carbonyl (C=O) groups excluding carboxylic acids is 2. The van der Waals surface area contributed by atoms with Gasteiger partial charge in [-0.1, -0.05) is 25.1 Å². The molecule has 1 aromatic heterocycles. The summed E-state index contributed by atoms with van der Waals surface area (Å²) in [5.41, 5.74) is -0.797. The van der Waals surface area contributed by atoms with Crippen LogP contribution in [0.25, 0.3) is 11.1 Å². The number of nitrogens with zero attached hydrogens (tertiary/aromatic N) is 1. The van der Waals surface area contributed by atoms with Gasteiger partial charge in [0.15, 0.2) is 12.4 Å². The molecule has 0 aliphatic heterocycles. The van der Waals surface area contributed by atoms with Gasteiger partial charge in [0.05, 0.1) is 23.4 Å². The minimum Gasteiger partial charge on any atom is -0.483 e. The lowest BCUT2D eigenvalue weighted by Gasteiger charge is -2.19. The molecule has 212 valence electrons. The molecule has 0 saturated carbocycles. The van der Waals surface area contributed by atoms with Crippen molar-refractivity contribution in [1.82, 2.24) is 4.98 Å². The number of halogens is 6. The molecule has 40 heavy (non-hydrogen) atoms. The highest BCUT2D eigenvalue weighted by Gasteiger charge is 2.37. The Bertz CT molecular complexity index is 1420. The minimum atomic E-state index is -5.23. The highest BCUT2D eigenvalue weighted by atomic mass is 19.4. The van der Waals surface area contributed by atoms with Crippen LogP contribution in [0.1, 0.15) is 35.0 Å². The number of nitrogens with one attached hydrogen (secondary N) is 2. The van der Waals surface area contributed by atoms with Gasteiger partial charge in [0.25, 0.3) is 0 Å². The highest BCUT2D eigenvalue weighted by Crippen LogP contribution is 2.42. The van der Waals surface area contributed by atoms with Gasteiger partial charge in [0.2, 0.25) is 5.91 Å². The average molecular weight is 569 g/mol. The molecule has 0 aliphatic rings. The molecule has 3 N–H and O–H groups in total. The van der Waals surface area contributed by atoms with Crippen LogP contribution in [0, 0.1) is 0 Å². The van der Waals surface area contributed by atoms with Gasteiger partial charge in [-0.05, 0) is 41.8 Å². The lowest BCUT2D eigenvalue weighted by molar-refractivity contribution is -0.158. The van der Waals surface area contributed by atoms with Crippen LogP contribution >= 0.6 is 0 Å². The number of pyridine rings is 1. The van der Waals surface area contributed by atoms with E-state index in [1.807, 2.05) is 18.3 Å². The van der Waals surface area contributed by atoms with E-state index >= 15 is 0 Å². The number of amides is 2. The van der Waals surface area contributed by atoms with E-state index in [0.717, 1.165) is 11.3 Å². The van der Waals surface area contributed by atoms with E-state index in [2.05, 4.69) is 9.72 Å². The van der Waals surface area contributed by atoms with Crippen molar-refractivity contribution in [1.29, 1.82) is 0 Å². The smallest absolute Gasteiger partial charge is 0.422 e. The first-order valence-corrected chi connectivity index (χ1v) is 11.5. The van der Waals surface area contributed by atoms with E-state index in [0.29, 0.717) is 18.1 Å². The van der Waals surface area contributed by atoms with Crippen molar-refractivity contribution in [3.63, 3.8) is 0 Å². The number of alkyl halides is 6. The van der Waals surface area contributed by atoms with Gasteiger partial charge in [-0.3, -0.25) is 19.9 Å². The Morgan fingerprint density at radius 3 is 2.23 bits per heavy atom. The van der Waals surface area contributed by atoms with Gasteiger partial charge in [-0.25, -0.2) is 4.79 Å². The first kappa shape index (κ1) is 29.9. The second kappa shape index (κ2) is 12.1. The molecule has 0 atom stereocenters. The fourth-order valence-corrected chi connectivity index (χ4v) is 3.57. The number of carbonyl (C=O) groups is 3. The molecule has 14 heteroatoms. The molecule has 0 aliphatic carbocycles. The SMILES string of the molecule is CCc1cc(-c2cccc(C(=O)CC(=O)Nc3cc(C(F)(F)F)c(OCC(F)(F)F)cc3NC(=O)O)c2)ccn1. The lowest BCUT2D eigenvalue weighted by Crippen LogP contribution is -2.22. The highest BCUT2D eigenvalue weighted by molar-refractivity contribution is 6.12. The molecular formula is C26H21F6N3O5. The summed E-state index contributed by atoms with van der Waals surface area (Å²) in [6.45, 7) is -0.163. The zero-order valence-electron chi connectivity index (χ0n) is 20.6. The number of aromatic nitrogens is 1. The van der Waals surface area contributed by atoms with Crippen LogP contribution in [0.4, 0.5) is 42.5 Å². The van der Waals surface area contributed by atoms with Crippen molar-refractivity contribution in [3.8, 4) is 16.9 Å². The summed E-state index contributed by atoms with van der Waals surface area (Å²) >= 11 is 0. The van der Waals surface area contributed by atoms with E-state index in [9.17, 15) is 40.7 Å². The van der Waals surface area contributed by atoms with Crippen molar-refractivity contribution in [2.45, 2.75) is 32.1 Å². The molecule has 0 radical (unpaired) electrons. The Morgan fingerprint density at radius 1 is 0.925 bits per heavy atom. The van der Waals surface area contributed by atoms with Crippen LogP contribution in [0.15, 0.2) is 54.7 Å². The van der Waals surface area contributed by atoms with Crippen molar-refractivity contribution in [2.24, 2.45) is 0 Å². The lowest BCUT2D eigenvalue weighted by atomic mass is 10.00. The van der Waals surface area contributed by atoms with Crippen molar-refractivity contribution < 1.29 is 50.6 Å². The molecule has 3 rings (SSSR count). The maximum atomic E-state index is 13.6. The third-order valence-electron chi connectivity index (χ3n) is 5.35. The predicted octanol–water partition coefficient (Wildman–Crippen LogP) is 6.57. The fraction of sp³-hybridized carbons (Fsp3) is 0.231. The van der Waals surface area contributed by atoms with Crippen molar-refractivity contribution in [2.75, 3.05) is 17.2 Å². The Balaban J connectivity index is 1.86. The largest absolute Gasteiger partial charge is 0.483 e. The number of ketones is 1. The summed E-state index contributed by atoms with van der Waals surface area (Å²) in [4.78, 5) is 40.7. The predicted molar refractivity (Wildman–Crippen MR) is 131 cm³/mol. The molecule has 0 spiro atoms. The van der Waals surface area contributed by atoms with Crippen LogP contribution < -0.4 is 15.4 Å². The van der Waals surface area contributed by atoms with Gasteiger partial charge in [0.1, 0.15) is 5.75 Å². The fourth-order valence-electron chi connectivity index (χ4n) is 3.57. The van der Waals surface area contributed by atoms with Crippen LogP contribution in [0.3, 0.4) is 0 Å². The van der Waals surface area contributed by atoms with Crippen LogP contribution in [-0.2, 0) is 17.4 Å². The number of aryl methyl sites for hydroxylation is 1. The number of rotatable bonds is 9. The summed E-state index contributed by atoms with van der Waals surface area (Å²) in [7, 11) is 0. The topological polar surface area (TPSA) is 118 Å². The molecule has 1 heterocycles. The van der Waals surface area contributed by atoms with Crippen LogP contribution in [0.5, 0.6) is 5.75 Å². The summed E-state index contributed by atoms with van der Waals surface area (Å²) in [5.74, 6) is -3.11. The Morgan fingerprint density at radius 2 is 1.60 bits per heavy atom. The van der Waals surface area contributed by atoms with E-state index in [4.69, 9.17) is 5.11 Å². The Hall–Kier alpha value is -4.62. The zero-order chi connectivity index (χ0) is 29.7. The van der Waals surface area contributed by atoms with Gasteiger partial charge in [-0.2, -0.15) is 26.3 Å². The quantitative estimate of drug-likeness (QED) is 0.152. The summed E-state index contributed by atoms with van der Waals surface area (Å²) in [6.07, 6.45) is -10.6. The number of Topliss-reactive ketones (excluding diaryl/α,β-unsaturated/α-hetero) is 1. The number of hydrogen-bond acceptors (Lipinski definition) is 5. The van der Waals surface area contributed by atoms with Crippen LogP contribution in [0.2, 0.25) is 0 Å². The first-order chi connectivity index (χ1) is 18.7. The molecule has 2 aromatic carbocycles. The Labute approximate surface area is 223 Å². The van der Waals surface area contributed by atoms with Crippen molar-refractivity contribution in [3.05, 3.63) is 71.5 Å². The molecule has 2 amide bonds. The van der Waals surface area contributed by atoms with Gasteiger partial charge < -0.3 is 15.2 Å². The summed E-state index contributed by atoms with van der Waals surface area (Å²) in [6, 6.07) is 10.4. The number of carboxylic acid groups (broad SMARTS) is 1. The third-order valence-corrected chi connectivity index (χ3v) is 5.35. The van der Waals surface area contributed by atoms with Gasteiger partial charge >= 0.3 is 18.4 Å². The van der Waals surface area contributed by atoms with Gasteiger partial charge in [-0.15, -0.1) is 0 Å². The minimum absolute atomic E-state index is 0.123. The maximum Gasteiger partial charge on any atom is 0.422 e. The molecular weight excluding hydrogens is 548 g/mol. The number of ether oxygens (including phenoxy) is 1. The molecule has 0 fully saturated rings. The number of anilines is 2. The number of benzene rings is 2. The molecule has 0 saturated heterocycles. The van der Waals surface area contributed by atoms with Gasteiger partial charge in [0, 0.05) is 23.5 Å². The van der Waals surface area contributed by atoms with E-state index < -0.39 is 65.9 Å². The van der Waals surface area contributed by atoms with E-state index in [1.54, 1.807) is 29.7 Å². The first-order valence-electron chi connectivity index (χ1n) is 11.5. The monoisotopic (exact) mass is 569 g/mol. The van der Waals surface area contributed by atoms with E-state index in [1.165, 1.54) is 12.1 Å². The zero-order valence-corrected chi connectivity index (χ0v) is 20.6. The molecule has 0 bridgehead atoms. The van der Waals surface area contributed by atoms with Crippen molar-refractivity contribution >= 4 is 29.2 Å². The van der Waals surface area contributed by atoms with Crippen LogP contribution in [-0.4, -0.2) is 40.7 Å². The third kappa shape index (κ3) is 8.19. The summed E-state index contributed by atoms with van der Waals surface area (Å²) < 4.78 is 82.6. The molecule has 3 aromatic rings. The molecule has 8 nitrogen and oxygen atoms in total. The average Bonchev–Trinajstić information content (AvgIpc) is 2.87. The Kier molecular flexibility index (Phi) is 9.02. The summed E-state index contributed by atoms with van der Waals surface area (Å²) in [5, 5.41) is 12.7. The standard InChI is InChI=1S/C26H21F6N3O5/c1-2-17-9-15(6-7-33-17)14-4-3-5-16(8-14)21(36)12-23(37)34-19-10-18(26(30,31)32)22(40-13-25(27,28)29)11-20(19)35-24(38)39/h3-11,35H,2,12-13H2,1H3,(H,34,37)(H,38,39).